The number of H-pyrrole nitrogens is 1. The average molecular weight is 398 g/mol. The number of aryl methyl sites for hydroxylation is 1. The highest BCUT2D eigenvalue weighted by molar-refractivity contribution is 14.1. The minimum Gasteiger partial charge on any atom is -0.478 e. The molecule has 1 amide bonds. The van der Waals surface area contributed by atoms with Gasteiger partial charge in [-0.25, -0.2) is 4.79 Å². The molecule has 0 aliphatic rings. The molecule has 1 aromatic heterocycles. The van der Waals surface area contributed by atoms with Crippen LogP contribution in [0.25, 0.3) is 0 Å². The third-order valence-corrected chi connectivity index (χ3v) is 3.43. The van der Waals surface area contributed by atoms with Crippen LogP contribution in [-0.2, 0) is 0 Å². The summed E-state index contributed by atoms with van der Waals surface area (Å²) in [6, 6.07) is 7.60. The van der Waals surface area contributed by atoms with Crippen molar-refractivity contribution < 1.29 is 14.7 Å². The molecule has 0 aliphatic heterocycles. The Kier molecular flexibility index (Phi) is 4.41. The average Bonchev–Trinajstić information content (AvgIpc) is 2.40. The van der Waals surface area contributed by atoms with Gasteiger partial charge in [0.1, 0.15) is 5.56 Å². The molecule has 0 saturated heterocycles. The first-order valence-electron chi connectivity index (χ1n) is 5.92. The number of carbonyl (C=O) groups is 2. The molecule has 0 radical (unpaired) electrons. The Balaban J connectivity index is 2.36. The molecule has 1 heterocycles. The number of anilines is 1. The van der Waals surface area contributed by atoms with Gasteiger partial charge in [0.25, 0.3) is 11.5 Å². The van der Waals surface area contributed by atoms with Gasteiger partial charge in [-0.3, -0.25) is 9.59 Å². The lowest BCUT2D eigenvalue weighted by Gasteiger charge is -2.08. The fourth-order valence-electron chi connectivity index (χ4n) is 1.74. The molecule has 0 fully saturated rings. The number of aromatic amines is 1. The van der Waals surface area contributed by atoms with Crippen molar-refractivity contribution in [2.24, 2.45) is 0 Å². The number of pyridine rings is 1. The fraction of sp³-hybridized carbons (Fsp3) is 0.0714. The van der Waals surface area contributed by atoms with Crippen LogP contribution in [0.1, 0.15) is 26.4 Å². The number of hydrogen-bond donors (Lipinski definition) is 3. The van der Waals surface area contributed by atoms with E-state index in [4.69, 9.17) is 5.11 Å². The lowest BCUT2D eigenvalue weighted by molar-refractivity contribution is 0.0698. The van der Waals surface area contributed by atoms with E-state index in [9.17, 15) is 14.4 Å². The maximum atomic E-state index is 12.1. The molecule has 108 valence electrons. The zero-order valence-corrected chi connectivity index (χ0v) is 13.1. The summed E-state index contributed by atoms with van der Waals surface area (Å²) in [5.41, 5.74) is 0.161. The monoisotopic (exact) mass is 398 g/mol. The van der Waals surface area contributed by atoms with Crippen LogP contribution in [0.5, 0.6) is 0 Å². The number of amides is 1. The molecule has 0 spiro atoms. The molecule has 2 aromatic rings. The lowest BCUT2D eigenvalue weighted by Crippen LogP contribution is -2.24. The van der Waals surface area contributed by atoms with Crippen molar-refractivity contribution in [2.45, 2.75) is 6.92 Å². The van der Waals surface area contributed by atoms with Gasteiger partial charge in [-0.05, 0) is 59.8 Å². The number of carboxylic acid groups (broad SMARTS) is 1. The number of carboxylic acids is 1. The Morgan fingerprint density at radius 1 is 1.19 bits per heavy atom. The summed E-state index contributed by atoms with van der Waals surface area (Å²) in [5.74, 6) is -1.80. The van der Waals surface area contributed by atoms with Gasteiger partial charge < -0.3 is 15.4 Å². The van der Waals surface area contributed by atoms with Crippen LogP contribution in [0.15, 0.2) is 35.1 Å². The van der Waals surface area contributed by atoms with Crippen LogP contribution in [0.3, 0.4) is 0 Å². The first-order chi connectivity index (χ1) is 9.88. The number of halogens is 1. The molecule has 0 unspecified atom stereocenters. The van der Waals surface area contributed by atoms with Crippen molar-refractivity contribution in [1.29, 1.82) is 0 Å². The Bertz CT molecular complexity index is 783. The standard InChI is InChI=1S/C14H11IN2O4/c1-7-2-4-9(12(18)16-7)13(19)17-11-5-3-8(15)6-10(11)14(20)21/h2-6H,1H3,(H,16,18)(H,17,19)(H,20,21). The maximum absolute atomic E-state index is 12.1. The van der Waals surface area contributed by atoms with Crippen molar-refractivity contribution in [3.05, 3.63) is 61.1 Å². The quantitative estimate of drug-likeness (QED) is 0.691. The molecule has 0 atom stereocenters. The SMILES string of the molecule is Cc1ccc(C(=O)Nc2ccc(I)cc2C(=O)O)c(=O)[nH]1. The van der Waals surface area contributed by atoms with Crippen LogP contribution < -0.4 is 10.9 Å². The smallest absolute Gasteiger partial charge is 0.337 e. The summed E-state index contributed by atoms with van der Waals surface area (Å²) in [4.78, 5) is 37.5. The molecule has 21 heavy (non-hydrogen) atoms. The van der Waals surface area contributed by atoms with Crippen molar-refractivity contribution >= 4 is 40.2 Å². The van der Waals surface area contributed by atoms with E-state index in [1.165, 1.54) is 18.2 Å². The Morgan fingerprint density at radius 3 is 2.52 bits per heavy atom. The molecule has 6 nitrogen and oxygen atoms in total. The van der Waals surface area contributed by atoms with Crippen molar-refractivity contribution in [3.63, 3.8) is 0 Å². The van der Waals surface area contributed by atoms with Crippen LogP contribution in [-0.4, -0.2) is 22.0 Å². The van der Waals surface area contributed by atoms with Crippen molar-refractivity contribution in [1.82, 2.24) is 4.98 Å². The van der Waals surface area contributed by atoms with E-state index in [1.54, 1.807) is 19.1 Å². The molecular formula is C14H11IN2O4. The number of hydrogen-bond acceptors (Lipinski definition) is 3. The Morgan fingerprint density at radius 2 is 1.90 bits per heavy atom. The van der Waals surface area contributed by atoms with E-state index < -0.39 is 17.4 Å². The van der Waals surface area contributed by atoms with Gasteiger partial charge in [-0.1, -0.05) is 0 Å². The molecule has 3 N–H and O–H groups in total. The van der Waals surface area contributed by atoms with Crippen LogP contribution in [0.2, 0.25) is 0 Å². The topological polar surface area (TPSA) is 99.3 Å². The third-order valence-electron chi connectivity index (χ3n) is 2.76. The van der Waals surface area contributed by atoms with E-state index in [0.717, 1.165) is 3.57 Å². The van der Waals surface area contributed by atoms with E-state index >= 15 is 0 Å². The number of nitrogens with one attached hydrogen (secondary N) is 2. The Hall–Kier alpha value is -2.16. The van der Waals surface area contributed by atoms with E-state index in [2.05, 4.69) is 10.3 Å². The maximum Gasteiger partial charge on any atom is 0.337 e. The van der Waals surface area contributed by atoms with E-state index in [1.807, 2.05) is 22.6 Å². The first kappa shape index (κ1) is 15.2. The lowest BCUT2D eigenvalue weighted by atomic mass is 10.1. The molecule has 1 aromatic carbocycles. The summed E-state index contributed by atoms with van der Waals surface area (Å²) in [5, 5.41) is 11.6. The van der Waals surface area contributed by atoms with Gasteiger partial charge >= 0.3 is 5.97 Å². The van der Waals surface area contributed by atoms with Crippen LogP contribution >= 0.6 is 22.6 Å². The second kappa shape index (κ2) is 6.08. The summed E-state index contributed by atoms with van der Waals surface area (Å²) >= 11 is 1.98. The number of benzene rings is 1. The molecule has 0 bridgehead atoms. The molecule has 7 heteroatoms. The highest BCUT2D eigenvalue weighted by atomic mass is 127. The normalized spacial score (nSPS) is 10.2. The highest BCUT2D eigenvalue weighted by Gasteiger charge is 2.16. The van der Waals surface area contributed by atoms with E-state index in [0.29, 0.717) is 5.69 Å². The van der Waals surface area contributed by atoms with Crippen LogP contribution in [0.4, 0.5) is 5.69 Å². The summed E-state index contributed by atoms with van der Waals surface area (Å²) < 4.78 is 0.733. The predicted molar refractivity (Wildman–Crippen MR) is 85.9 cm³/mol. The molecule has 0 saturated carbocycles. The van der Waals surface area contributed by atoms with Crippen molar-refractivity contribution in [3.8, 4) is 0 Å². The van der Waals surface area contributed by atoms with Gasteiger partial charge in [0.15, 0.2) is 0 Å². The van der Waals surface area contributed by atoms with Gasteiger partial charge in [-0.15, -0.1) is 0 Å². The molecular weight excluding hydrogens is 387 g/mol. The summed E-state index contributed by atoms with van der Waals surface area (Å²) in [6.45, 7) is 1.70. The van der Waals surface area contributed by atoms with Gasteiger partial charge in [0.05, 0.1) is 11.3 Å². The minimum atomic E-state index is -1.15. The summed E-state index contributed by atoms with van der Waals surface area (Å²) in [7, 11) is 0. The van der Waals surface area contributed by atoms with Gasteiger partial charge in [0, 0.05) is 9.26 Å². The third kappa shape index (κ3) is 3.48. The second-order valence-corrected chi connectivity index (χ2v) is 5.58. The molecule has 0 aliphatic carbocycles. The first-order valence-corrected chi connectivity index (χ1v) is 7.00. The Labute approximate surface area is 133 Å². The predicted octanol–water partition coefficient (Wildman–Crippen LogP) is 2.24. The highest BCUT2D eigenvalue weighted by Crippen LogP contribution is 2.19. The molecule has 2 rings (SSSR count). The largest absolute Gasteiger partial charge is 0.478 e. The number of carbonyl (C=O) groups excluding carboxylic acids is 1. The second-order valence-electron chi connectivity index (χ2n) is 4.33. The van der Waals surface area contributed by atoms with Gasteiger partial charge in [0.2, 0.25) is 0 Å². The summed E-state index contributed by atoms with van der Waals surface area (Å²) in [6.07, 6.45) is 0. The number of aromatic nitrogens is 1. The zero-order chi connectivity index (χ0) is 15.6. The van der Waals surface area contributed by atoms with Crippen LogP contribution in [0, 0.1) is 10.5 Å². The minimum absolute atomic E-state index is 0.0289. The zero-order valence-electron chi connectivity index (χ0n) is 10.9. The van der Waals surface area contributed by atoms with Crippen molar-refractivity contribution in [2.75, 3.05) is 5.32 Å². The number of aromatic carboxylic acids is 1. The number of rotatable bonds is 3. The van der Waals surface area contributed by atoms with Gasteiger partial charge in [-0.2, -0.15) is 0 Å². The van der Waals surface area contributed by atoms with E-state index in [-0.39, 0.29) is 16.8 Å². The fourth-order valence-corrected chi connectivity index (χ4v) is 2.23.